The average Bonchev–Trinajstić information content (AvgIpc) is 3.14. The van der Waals surface area contributed by atoms with Gasteiger partial charge in [0.15, 0.2) is 11.1 Å². The number of ether oxygens (including phenoxy) is 1. The topological polar surface area (TPSA) is 67.0 Å². The number of guanidine groups is 1. The number of benzene rings is 1. The Bertz CT molecular complexity index is 693. The molecule has 0 aliphatic carbocycles. The van der Waals surface area contributed by atoms with Crippen LogP contribution in [-0.4, -0.2) is 49.1 Å². The predicted molar refractivity (Wildman–Crippen MR) is 99.0 cm³/mol. The molecule has 1 aliphatic rings. The summed E-state index contributed by atoms with van der Waals surface area (Å²) in [6.07, 6.45) is 1.85. The number of aryl methyl sites for hydroxylation is 1. The minimum absolute atomic E-state index is 0.587. The maximum Gasteiger partial charge on any atom is 0.191 e. The summed E-state index contributed by atoms with van der Waals surface area (Å²) >= 11 is 1.68. The maximum atomic E-state index is 6.17. The van der Waals surface area contributed by atoms with Crippen molar-refractivity contribution in [1.82, 2.24) is 9.88 Å². The van der Waals surface area contributed by atoms with Crippen LogP contribution in [0, 0.1) is 6.92 Å². The molecule has 2 aromatic rings. The van der Waals surface area contributed by atoms with Gasteiger partial charge in [0.25, 0.3) is 0 Å². The van der Waals surface area contributed by atoms with E-state index in [4.69, 9.17) is 10.5 Å². The Labute approximate surface area is 146 Å². The molecule has 0 radical (unpaired) electrons. The number of methoxy groups -OCH3 is 1. The fraction of sp³-hybridized carbons (Fsp3) is 0.412. The van der Waals surface area contributed by atoms with Gasteiger partial charge >= 0.3 is 0 Å². The summed E-state index contributed by atoms with van der Waals surface area (Å²) in [4.78, 5) is 13.3. The molecule has 6 nitrogen and oxygen atoms in total. The molecule has 0 spiro atoms. The minimum atomic E-state index is 0.587. The molecular weight excluding hydrogens is 322 g/mol. The molecule has 128 valence electrons. The van der Waals surface area contributed by atoms with Crippen molar-refractivity contribution >= 4 is 22.4 Å². The normalized spacial score (nSPS) is 15.7. The molecule has 1 aliphatic heterocycles. The Morgan fingerprint density at radius 3 is 2.75 bits per heavy atom. The standard InChI is InChI=1S/C17H23N5OS/c1-13-11-14(3-4-15(13)23-2)12-20-16(18)21-6-8-22(9-7-21)17-19-5-10-24-17/h3-5,10-11H,6-9,12H2,1-2H3,(H2,18,20). The zero-order valence-corrected chi connectivity index (χ0v) is 14.9. The van der Waals surface area contributed by atoms with Gasteiger partial charge in [0, 0.05) is 37.8 Å². The van der Waals surface area contributed by atoms with Gasteiger partial charge in [0.05, 0.1) is 13.7 Å². The molecule has 0 amide bonds. The van der Waals surface area contributed by atoms with Crippen LogP contribution >= 0.6 is 11.3 Å². The number of hydrogen-bond acceptors (Lipinski definition) is 5. The summed E-state index contributed by atoms with van der Waals surface area (Å²) < 4.78 is 5.28. The Hall–Kier alpha value is -2.28. The van der Waals surface area contributed by atoms with Crippen molar-refractivity contribution in [2.24, 2.45) is 10.7 Å². The molecule has 3 rings (SSSR count). The summed E-state index contributed by atoms with van der Waals surface area (Å²) in [7, 11) is 1.68. The van der Waals surface area contributed by atoms with Crippen LogP contribution in [-0.2, 0) is 6.54 Å². The van der Waals surface area contributed by atoms with Gasteiger partial charge < -0.3 is 20.3 Å². The van der Waals surface area contributed by atoms with Crippen LogP contribution in [0.5, 0.6) is 5.75 Å². The molecule has 1 aromatic carbocycles. The smallest absolute Gasteiger partial charge is 0.191 e. The molecule has 1 aromatic heterocycles. The summed E-state index contributed by atoms with van der Waals surface area (Å²) in [5.74, 6) is 1.51. The number of aromatic nitrogens is 1. The van der Waals surface area contributed by atoms with Crippen LogP contribution < -0.4 is 15.4 Å². The van der Waals surface area contributed by atoms with Crippen LogP contribution in [0.25, 0.3) is 0 Å². The summed E-state index contributed by atoms with van der Waals surface area (Å²) in [6, 6.07) is 6.10. The lowest BCUT2D eigenvalue weighted by Gasteiger charge is -2.35. The third kappa shape index (κ3) is 3.79. The number of piperazine rings is 1. The summed E-state index contributed by atoms with van der Waals surface area (Å²) in [5, 5.41) is 3.09. The zero-order chi connectivity index (χ0) is 16.9. The van der Waals surface area contributed by atoms with Gasteiger partial charge in [-0.1, -0.05) is 12.1 Å². The van der Waals surface area contributed by atoms with E-state index in [2.05, 4.69) is 25.8 Å². The Morgan fingerprint density at radius 2 is 2.12 bits per heavy atom. The van der Waals surface area contributed by atoms with Crippen LogP contribution in [0.15, 0.2) is 34.8 Å². The SMILES string of the molecule is COc1ccc(CN=C(N)N2CCN(c3nccs3)CC2)cc1C. The molecular formula is C17H23N5OS. The Balaban J connectivity index is 1.56. The average molecular weight is 345 g/mol. The molecule has 2 N–H and O–H groups in total. The Morgan fingerprint density at radius 1 is 1.33 bits per heavy atom. The molecule has 1 fully saturated rings. The van der Waals surface area contributed by atoms with Crippen molar-refractivity contribution in [3.05, 3.63) is 40.9 Å². The fourth-order valence-corrected chi connectivity index (χ4v) is 3.51. The van der Waals surface area contributed by atoms with Gasteiger partial charge in [-0.05, 0) is 24.1 Å². The van der Waals surface area contributed by atoms with E-state index in [0.717, 1.165) is 48.2 Å². The number of thiazole rings is 1. The highest BCUT2D eigenvalue weighted by Gasteiger charge is 2.19. The first-order chi connectivity index (χ1) is 11.7. The van der Waals surface area contributed by atoms with Gasteiger partial charge in [-0.3, -0.25) is 0 Å². The van der Waals surface area contributed by atoms with Gasteiger partial charge in [0.2, 0.25) is 0 Å². The highest BCUT2D eigenvalue weighted by molar-refractivity contribution is 7.13. The van der Waals surface area contributed by atoms with Gasteiger partial charge in [-0.15, -0.1) is 11.3 Å². The van der Waals surface area contributed by atoms with E-state index in [9.17, 15) is 0 Å². The van der Waals surface area contributed by atoms with Crippen molar-refractivity contribution in [2.45, 2.75) is 13.5 Å². The number of anilines is 1. The van der Waals surface area contributed by atoms with E-state index < -0.39 is 0 Å². The molecule has 7 heteroatoms. The van der Waals surface area contributed by atoms with E-state index in [1.165, 1.54) is 0 Å². The maximum absolute atomic E-state index is 6.17. The van der Waals surface area contributed by atoms with Gasteiger partial charge in [0.1, 0.15) is 5.75 Å². The Kier molecular flexibility index (Phi) is 5.20. The highest BCUT2D eigenvalue weighted by Crippen LogP contribution is 2.20. The monoisotopic (exact) mass is 345 g/mol. The number of nitrogens with two attached hydrogens (primary N) is 1. The van der Waals surface area contributed by atoms with E-state index in [0.29, 0.717) is 12.5 Å². The number of hydrogen-bond donors (Lipinski definition) is 1. The number of aliphatic imine (C=N–C) groups is 1. The molecule has 0 atom stereocenters. The van der Waals surface area contributed by atoms with Crippen molar-refractivity contribution < 1.29 is 4.74 Å². The van der Waals surface area contributed by atoms with Crippen molar-refractivity contribution in [3.8, 4) is 5.75 Å². The largest absolute Gasteiger partial charge is 0.496 e. The van der Waals surface area contributed by atoms with Crippen molar-refractivity contribution in [3.63, 3.8) is 0 Å². The summed E-state index contributed by atoms with van der Waals surface area (Å²) in [5.41, 5.74) is 8.42. The highest BCUT2D eigenvalue weighted by atomic mass is 32.1. The lowest BCUT2D eigenvalue weighted by Crippen LogP contribution is -2.51. The quantitative estimate of drug-likeness (QED) is 0.679. The molecule has 1 saturated heterocycles. The second-order valence-electron chi connectivity index (χ2n) is 5.77. The van der Waals surface area contributed by atoms with E-state index in [1.54, 1.807) is 18.4 Å². The van der Waals surface area contributed by atoms with Crippen molar-refractivity contribution in [1.29, 1.82) is 0 Å². The lowest BCUT2D eigenvalue weighted by molar-refractivity contribution is 0.380. The zero-order valence-electron chi connectivity index (χ0n) is 14.1. The second-order valence-corrected chi connectivity index (χ2v) is 6.64. The fourth-order valence-electron chi connectivity index (χ4n) is 2.81. The molecule has 0 bridgehead atoms. The summed E-state index contributed by atoms with van der Waals surface area (Å²) in [6.45, 7) is 6.21. The third-order valence-electron chi connectivity index (χ3n) is 4.18. The second kappa shape index (κ2) is 7.53. The molecule has 0 unspecified atom stereocenters. The lowest BCUT2D eigenvalue weighted by atomic mass is 10.1. The third-order valence-corrected chi connectivity index (χ3v) is 5.01. The number of nitrogens with zero attached hydrogens (tertiary/aromatic N) is 4. The van der Waals surface area contributed by atoms with E-state index in [-0.39, 0.29) is 0 Å². The van der Waals surface area contributed by atoms with Crippen LogP contribution in [0.4, 0.5) is 5.13 Å². The minimum Gasteiger partial charge on any atom is -0.496 e. The first-order valence-electron chi connectivity index (χ1n) is 8.00. The molecule has 0 saturated carbocycles. The van der Waals surface area contributed by atoms with Crippen LogP contribution in [0.2, 0.25) is 0 Å². The first kappa shape index (κ1) is 16.6. The van der Waals surface area contributed by atoms with Crippen LogP contribution in [0.1, 0.15) is 11.1 Å². The van der Waals surface area contributed by atoms with Crippen LogP contribution in [0.3, 0.4) is 0 Å². The number of rotatable bonds is 4. The first-order valence-corrected chi connectivity index (χ1v) is 8.88. The van der Waals surface area contributed by atoms with Gasteiger partial charge in [-0.2, -0.15) is 0 Å². The van der Waals surface area contributed by atoms with E-state index in [1.807, 2.05) is 30.6 Å². The molecule has 2 heterocycles. The molecule has 24 heavy (non-hydrogen) atoms. The van der Waals surface area contributed by atoms with Crippen molar-refractivity contribution in [2.75, 3.05) is 38.2 Å². The van der Waals surface area contributed by atoms with E-state index >= 15 is 0 Å². The predicted octanol–water partition coefficient (Wildman–Crippen LogP) is 2.10. The van der Waals surface area contributed by atoms with Gasteiger partial charge in [-0.25, -0.2) is 9.98 Å².